The molecule has 3 aromatic rings. The number of nitrogens with one attached hydrogen (secondary N) is 1. The van der Waals surface area contributed by atoms with Gasteiger partial charge in [-0.05, 0) is 55.3 Å². The minimum Gasteiger partial charge on any atom is -0.497 e. The molecule has 0 radical (unpaired) electrons. The molecule has 0 aliphatic rings. The summed E-state index contributed by atoms with van der Waals surface area (Å²) < 4.78 is 10.7. The van der Waals surface area contributed by atoms with Gasteiger partial charge in [0, 0.05) is 5.56 Å². The summed E-state index contributed by atoms with van der Waals surface area (Å²) in [5.74, 6) is 1.20. The average molecular weight is 369 g/mol. The summed E-state index contributed by atoms with van der Waals surface area (Å²) in [6.07, 6.45) is 0. The molecular weight excluding hydrogens is 350 g/mol. The van der Waals surface area contributed by atoms with Gasteiger partial charge in [0.15, 0.2) is 6.61 Å². The summed E-state index contributed by atoms with van der Waals surface area (Å²) in [5, 5.41) is 12.0. The Morgan fingerprint density at radius 1 is 1.12 bits per heavy atom. The molecule has 1 aromatic heterocycles. The molecule has 0 bridgehead atoms. The van der Waals surface area contributed by atoms with Crippen LogP contribution in [0.1, 0.15) is 11.1 Å². The number of nitrogens with zero attached hydrogens (tertiary/aromatic N) is 2. The third kappa shape index (κ3) is 4.37. The third-order valence-corrected chi connectivity index (χ3v) is 4.60. The summed E-state index contributed by atoms with van der Waals surface area (Å²) in [6, 6.07) is 13.4. The van der Waals surface area contributed by atoms with Crippen LogP contribution in [0.25, 0.3) is 10.6 Å². The highest BCUT2D eigenvalue weighted by atomic mass is 32.1. The fourth-order valence-electron chi connectivity index (χ4n) is 2.29. The number of hydrogen-bond acceptors (Lipinski definition) is 6. The molecule has 0 saturated carbocycles. The topological polar surface area (TPSA) is 73.3 Å². The molecule has 6 nitrogen and oxygen atoms in total. The highest BCUT2D eigenvalue weighted by Gasteiger charge is 2.11. The zero-order chi connectivity index (χ0) is 18.5. The van der Waals surface area contributed by atoms with Gasteiger partial charge < -0.3 is 9.47 Å². The molecule has 0 aliphatic heterocycles. The molecule has 2 aromatic carbocycles. The summed E-state index contributed by atoms with van der Waals surface area (Å²) in [6.45, 7) is 3.84. The lowest BCUT2D eigenvalue weighted by molar-refractivity contribution is -0.118. The van der Waals surface area contributed by atoms with Gasteiger partial charge in [0.25, 0.3) is 5.91 Å². The number of aryl methyl sites for hydroxylation is 2. The van der Waals surface area contributed by atoms with Crippen LogP contribution >= 0.6 is 11.3 Å². The van der Waals surface area contributed by atoms with Crippen molar-refractivity contribution in [3.05, 3.63) is 53.6 Å². The Labute approximate surface area is 155 Å². The molecule has 1 N–H and O–H groups in total. The number of ether oxygens (including phenoxy) is 2. The van der Waals surface area contributed by atoms with Crippen LogP contribution in [0.4, 0.5) is 5.13 Å². The van der Waals surface area contributed by atoms with Gasteiger partial charge in [-0.3, -0.25) is 10.1 Å². The number of amides is 1. The van der Waals surface area contributed by atoms with Gasteiger partial charge in [0.1, 0.15) is 16.5 Å². The number of carbonyl (C=O) groups excluding carboxylic acids is 1. The maximum atomic E-state index is 12.1. The summed E-state index contributed by atoms with van der Waals surface area (Å²) in [4.78, 5) is 12.1. The first kappa shape index (κ1) is 17.9. The van der Waals surface area contributed by atoms with E-state index in [-0.39, 0.29) is 12.5 Å². The fraction of sp³-hybridized carbons (Fsp3) is 0.211. The van der Waals surface area contributed by atoms with Crippen LogP contribution in [0.2, 0.25) is 0 Å². The molecule has 3 rings (SSSR count). The molecule has 1 amide bonds. The van der Waals surface area contributed by atoms with E-state index in [9.17, 15) is 4.79 Å². The molecule has 0 aliphatic carbocycles. The second-order valence-corrected chi connectivity index (χ2v) is 6.72. The van der Waals surface area contributed by atoms with Gasteiger partial charge in [0.05, 0.1) is 7.11 Å². The summed E-state index contributed by atoms with van der Waals surface area (Å²) in [5.41, 5.74) is 2.98. The number of methoxy groups -OCH3 is 1. The first-order chi connectivity index (χ1) is 12.5. The van der Waals surface area contributed by atoms with Gasteiger partial charge in [-0.25, -0.2) is 0 Å². The molecule has 0 unspecified atom stereocenters. The van der Waals surface area contributed by atoms with Gasteiger partial charge in [-0.2, -0.15) is 0 Å². The lowest BCUT2D eigenvalue weighted by atomic mass is 10.1. The lowest BCUT2D eigenvalue weighted by Gasteiger charge is -2.09. The number of anilines is 1. The van der Waals surface area contributed by atoms with Crippen LogP contribution in [-0.2, 0) is 4.79 Å². The van der Waals surface area contributed by atoms with Gasteiger partial charge >= 0.3 is 0 Å². The van der Waals surface area contributed by atoms with E-state index in [1.807, 2.05) is 56.3 Å². The molecule has 0 fully saturated rings. The first-order valence-corrected chi connectivity index (χ1v) is 8.84. The van der Waals surface area contributed by atoms with Crippen LogP contribution in [-0.4, -0.2) is 29.8 Å². The van der Waals surface area contributed by atoms with E-state index >= 15 is 0 Å². The van der Waals surface area contributed by atoms with Gasteiger partial charge in [-0.1, -0.05) is 23.5 Å². The Kier molecular flexibility index (Phi) is 5.48. The Balaban J connectivity index is 1.59. The Bertz CT molecular complexity index is 907. The van der Waals surface area contributed by atoms with Crippen molar-refractivity contribution in [2.24, 2.45) is 0 Å². The largest absolute Gasteiger partial charge is 0.497 e. The quantitative estimate of drug-likeness (QED) is 0.714. The SMILES string of the molecule is COc1ccc(-c2nnc(NC(=O)COc3cc(C)ccc3C)s2)cc1. The van der Waals surface area contributed by atoms with E-state index < -0.39 is 0 Å². The molecule has 0 atom stereocenters. The van der Waals surface area contributed by atoms with Crippen molar-refractivity contribution in [3.63, 3.8) is 0 Å². The molecule has 26 heavy (non-hydrogen) atoms. The normalized spacial score (nSPS) is 10.4. The Morgan fingerprint density at radius 3 is 2.62 bits per heavy atom. The molecule has 7 heteroatoms. The zero-order valence-electron chi connectivity index (χ0n) is 14.8. The molecule has 0 spiro atoms. The van der Waals surface area contributed by atoms with Crippen LogP contribution in [0.3, 0.4) is 0 Å². The second-order valence-electron chi connectivity index (χ2n) is 5.75. The van der Waals surface area contributed by atoms with Crippen molar-refractivity contribution in [1.82, 2.24) is 10.2 Å². The number of rotatable bonds is 6. The average Bonchev–Trinajstić information content (AvgIpc) is 3.11. The minimum absolute atomic E-state index is 0.0816. The number of hydrogen-bond donors (Lipinski definition) is 1. The molecule has 0 saturated heterocycles. The van der Waals surface area contributed by atoms with Crippen molar-refractivity contribution >= 4 is 22.4 Å². The minimum atomic E-state index is -0.275. The van der Waals surface area contributed by atoms with E-state index in [0.29, 0.717) is 10.9 Å². The predicted octanol–water partition coefficient (Wildman–Crippen LogP) is 3.85. The van der Waals surface area contributed by atoms with E-state index in [2.05, 4.69) is 15.5 Å². The highest BCUT2D eigenvalue weighted by molar-refractivity contribution is 7.18. The summed E-state index contributed by atoms with van der Waals surface area (Å²) in [7, 11) is 1.62. The number of aromatic nitrogens is 2. The first-order valence-electron chi connectivity index (χ1n) is 8.03. The molecular formula is C19H19N3O3S. The third-order valence-electron chi connectivity index (χ3n) is 3.71. The lowest BCUT2D eigenvalue weighted by Crippen LogP contribution is -2.20. The standard InChI is InChI=1S/C19H19N3O3S/c1-12-4-5-13(2)16(10-12)25-11-17(23)20-19-22-21-18(26-19)14-6-8-15(24-3)9-7-14/h4-10H,11H2,1-3H3,(H,20,22,23). The smallest absolute Gasteiger partial charge is 0.264 e. The maximum absolute atomic E-state index is 12.1. The highest BCUT2D eigenvalue weighted by Crippen LogP contribution is 2.27. The molecule has 134 valence electrons. The number of carbonyl (C=O) groups is 1. The van der Waals surface area contributed by atoms with Crippen molar-refractivity contribution in [1.29, 1.82) is 0 Å². The van der Waals surface area contributed by atoms with E-state index in [0.717, 1.165) is 27.4 Å². The number of benzene rings is 2. The Morgan fingerprint density at radius 2 is 1.88 bits per heavy atom. The monoisotopic (exact) mass is 369 g/mol. The van der Waals surface area contributed by atoms with E-state index in [1.54, 1.807) is 7.11 Å². The van der Waals surface area contributed by atoms with E-state index in [1.165, 1.54) is 11.3 Å². The van der Waals surface area contributed by atoms with Crippen molar-refractivity contribution in [3.8, 4) is 22.1 Å². The Hall–Kier alpha value is -2.93. The van der Waals surface area contributed by atoms with Gasteiger partial charge in [-0.15, -0.1) is 10.2 Å². The van der Waals surface area contributed by atoms with Crippen LogP contribution in [0.5, 0.6) is 11.5 Å². The summed E-state index contributed by atoms with van der Waals surface area (Å²) >= 11 is 1.30. The van der Waals surface area contributed by atoms with Gasteiger partial charge in [0.2, 0.25) is 5.13 Å². The van der Waals surface area contributed by atoms with E-state index in [4.69, 9.17) is 9.47 Å². The fourth-order valence-corrected chi connectivity index (χ4v) is 3.05. The molecule has 1 heterocycles. The van der Waals surface area contributed by atoms with Crippen LogP contribution < -0.4 is 14.8 Å². The zero-order valence-corrected chi connectivity index (χ0v) is 15.6. The van der Waals surface area contributed by atoms with Crippen molar-refractivity contribution < 1.29 is 14.3 Å². The predicted molar refractivity (Wildman–Crippen MR) is 102 cm³/mol. The van der Waals surface area contributed by atoms with Crippen LogP contribution in [0, 0.1) is 13.8 Å². The van der Waals surface area contributed by atoms with Crippen molar-refractivity contribution in [2.45, 2.75) is 13.8 Å². The maximum Gasteiger partial charge on any atom is 0.264 e. The second kappa shape index (κ2) is 7.97. The van der Waals surface area contributed by atoms with Crippen LogP contribution in [0.15, 0.2) is 42.5 Å². The van der Waals surface area contributed by atoms with Crippen molar-refractivity contribution in [2.75, 3.05) is 19.0 Å².